The van der Waals surface area contributed by atoms with E-state index in [2.05, 4.69) is 36.5 Å². The third-order valence-electron chi connectivity index (χ3n) is 3.26. The predicted molar refractivity (Wildman–Crippen MR) is 65.0 cm³/mol. The summed E-state index contributed by atoms with van der Waals surface area (Å²) < 4.78 is 0. The molecule has 0 aromatic heterocycles. The average molecular weight is 203 g/mol. The van der Waals surface area contributed by atoms with Crippen molar-refractivity contribution in [2.45, 2.75) is 45.1 Å². The maximum atomic E-state index is 3.67. The van der Waals surface area contributed by atoms with Crippen LogP contribution in [-0.2, 0) is 6.42 Å². The highest BCUT2D eigenvalue weighted by Gasteiger charge is 2.16. The molecule has 1 aliphatic rings. The Hall–Kier alpha value is -0.820. The summed E-state index contributed by atoms with van der Waals surface area (Å²) in [5, 5.41) is 3.67. The fourth-order valence-corrected chi connectivity index (χ4v) is 2.45. The first-order valence-electron chi connectivity index (χ1n) is 6.23. The van der Waals surface area contributed by atoms with E-state index in [0.29, 0.717) is 6.04 Å². The van der Waals surface area contributed by atoms with Gasteiger partial charge in [-0.25, -0.2) is 0 Å². The van der Waals surface area contributed by atoms with E-state index in [0.717, 1.165) is 6.54 Å². The number of hydrogen-bond acceptors (Lipinski definition) is 1. The van der Waals surface area contributed by atoms with E-state index in [-0.39, 0.29) is 0 Å². The second kappa shape index (κ2) is 5.32. The lowest BCUT2D eigenvalue weighted by Gasteiger charge is -2.18. The fraction of sp³-hybridized carbons (Fsp3) is 0.571. The second-order valence-electron chi connectivity index (χ2n) is 4.45. The van der Waals surface area contributed by atoms with Crippen molar-refractivity contribution in [3.05, 3.63) is 35.4 Å². The zero-order valence-electron chi connectivity index (χ0n) is 9.63. The molecule has 0 bridgehead atoms. The second-order valence-corrected chi connectivity index (χ2v) is 4.45. The summed E-state index contributed by atoms with van der Waals surface area (Å²) in [5.74, 6) is 0. The summed E-state index contributed by atoms with van der Waals surface area (Å²) in [6.07, 6.45) is 6.49. The van der Waals surface area contributed by atoms with Gasteiger partial charge in [-0.1, -0.05) is 37.6 Å². The minimum Gasteiger partial charge on any atom is -0.310 e. The quantitative estimate of drug-likeness (QED) is 0.742. The minimum atomic E-state index is 0.601. The lowest BCUT2D eigenvalue weighted by molar-refractivity contribution is 0.489. The predicted octanol–water partition coefficient (Wildman–Crippen LogP) is 3.45. The van der Waals surface area contributed by atoms with Crippen LogP contribution in [0.3, 0.4) is 0 Å². The molecule has 1 atom stereocenters. The van der Waals surface area contributed by atoms with Crippen LogP contribution in [0.25, 0.3) is 0 Å². The maximum absolute atomic E-state index is 3.67. The first kappa shape index (κ1) is 10.7. The molecular formula is C14H21N. The van der Waals surface area contributed by atoms with Gasteiger partial charge in [0, 0.05) is 6.04 Å². The third-order valence-corrected chi connectivity index (χ3v) is 3.26. The van der Waals surface area contributed by atoms with Gasteiger partial charge >= 0.3 is 0 Å². The molecule has 1 N–H and O–H groups in total. The van der Waals surface area contributed by atoms with Crippen molar-refractivity contribution in [1.29, 1.82) is 0 Å². The van der Waals surface area contributed by atoms with Gasteiger partial charge in [-0.15, -0.1) is 0 Å². The lowest BCUT2D eigenvalue weighted by Crippen LogP contribution is -2.22. The fourth-order valence-electron chi connectivity index (χ4n) is 2.45. The first-order chi connectivity index (χ1) is 7.42. The minimum absolute atomic E-state index is 0.601. The van der Waals surface area contributed by atoms with Crippen LogP contribution in [0.1, 0.15) is 49.8 Å². The van der Waals surface area contributed by atoms with Gasteiger partial charge in [-0.2, -0.15) is 0 Å². The van der Waals surface area contributed by atoms with Crippen molar-refractivity contribution in [1.82, 2.24) is 5.32 Å². The Labute approximate surface area is 92.9 Å². The summed E-state index contributed by atoms with van der Waals surface area (Å²) in [7, 11) is 0. The molecule has 0 radical (unpaired) electrons. The molecule has 1 unspecified atom stereocenters. The molecule has 0 spiro atoms. The zero-order chi connectivity index (χ0) is 10.5. The molecule has 1 nitrogen and oxygen atoms in total. The molecule has 1 aliphatic carbocycles. The van der Waals surface area contributed by atoms with E-state index >= 15 is 0 Å². The Balaban J connectivity index is 2.17. The summed E-state index contributed by atoms with van der Waals surface area (Å²) in [5.41, 5.74) is 3.10. The van der Waals surface area contributed by atoms with Gasteiger partial charge < -0.3 is 5.32 Å². The SMILES string of the molecule is CCCNC1CCCCc2ccccc21. The van der Waals surface area contributed by atoms with Crippen LogP contribution in [0.4, 0.5) is 0 Å². The first-order valence-corrected chi connectivity index (χ1v) is 6.23. The topological polar surface area (TPSA) is 12.0 Å². The molecule has 0 saturated carbocycles. The van der Waals surface area contributed by atoms with E-state index < -0.39 is 0 Å². The molecule has 1 aromatic carbocycles. The van der Waals surface area contributed by atoms with E-state index in [9.17, 15) is 0 Å². The Kier molecular flexibility index (Phi) is 3.79. The molecule has 0 aliphatic heterocycles. The van der Waals surface area contributed by atoms with Crippen LogP contribution >= 0.6 is 0 Å². The van der Waals surface area contributed by atoms with Gasteiger partial charge in [-0.05, 0) is 43.4 Å². The molecule has 0 heterocycles. The number of aryl methyl sites for hydroxylation is 1. The largest absolute Gasteiger partial charge is 0.310 e. The number of benzene rings is 1. The highest BCUT2D eigenvalue weighted by molar-refractivity contribution is 5.31. The molecule has 1 aromatic rings. The van der Waals surface area contributed by atoms with Crippen LogP contribution in [0, 0.1) is 0 Å². The van der Waals surface area contributed by atoms with Crippen LogP contribution in [0.5, 0.6) is 0 Å². The molecule has 15 heavy (non-hydrogen) atoms. The highest BCUT2D eigenvalue weighted by Crippen LogP contribution is 2.28. The lowest BCUT2D eigenvalue weighted by atomic mass is 9.99. The van der Waals surface area contributed by atoms with Gasteiger partial charge in [0.05, 0.1) is 0 Å². The van der Waals surface area contributed by atoms with E-state index in [1.807, 2.05) is 0 Å². The van der Waals surface area contributed by atoms with Gasteiger partial charge in [0.25, 0.3) is 0 Å². The van der Waals surface area contributed by atoms with Crippen molar-refractivity contribution >= 4 is 0 Å². The van der Waals surface area contributed by atoms with Crippen LogP contribution in [0.2, 0.25) is 0 Å². The standard InChI is InChI=1S/C14H21N/c1-2-11-15-14-10-6-4-8-12-7-3-5-9-13(12)14/h3,5,7,9,14-15H,2,4,6,8,10-11H2,1H3. The van der Waals surface area contributed by atoms with Crippen molar-refractivity contribution in [3.63, 3.8) is 0 Å². The Morgan fingerprint density at radius 3 is 3.00 bits per heavy atom. The molecule has 2 rings (SSSR count). The number of rotatable bonds is 3. The smallest absolute Gasteiger partial charge is 0.0322 e. The molecule has 82 valence electrons. The molecule has 0 fully saturated rings. The normalized spacial score (nSPS) is 20.7. The van der Waals surface area contributed by atoms with Crippen molar-refractivity contribution in [3.8, 4) is 0 Å². The molecule has 1 heteroatoms. The molecular weight excluding hydrogens is 182 g/mol. The number of fused-ring (bicyclic) bond motifs is 1. The summed E-state index contributed by atoms with van der Waals surface area (Å²) in [4.78, 5) is 0. The van der Waals surface area contributed by atoms with Gasteiger partial charge in [-0.3, -0.25) is 0 Å². The Bertz CT molecular complexity index is 306. The van der Waals surface area contributed by atoms with Crippen LogP contribution in [-0.4, -0.2) is 6.54 Å². The average Bonchev–Trinajstić information content (AvgIpc) is 2.49. The van der Waals surface area contributed by atoms with Gasteiger partial charge in [0.1, 0.15) is 0 Å². The third kappa shape index (κ3) is 2.60. The number of hydrogen-bond donors (Lipinski definition) is 1. The van der Waals surface area contributed by atoms with E-state index in [4.69, 9.17) is 0 Å². The highest BCUT2D eigenvalue weighted by atomic mass is 14.9. The molecule has 0 amide bonds. The van der Waals surface area contributed by atoms with Crippen LogP contribution < -0.4 is 5.32 Å². The zero-order valence-corrected chi connectivity index (χ0v) is 9.63. The van der Waals surface area contributed by atoms with Gasteiger partial charge in [0.15, 0.2) is 0 Å². The van der Waals surface area contributed by atoms with E-state index in [1.54, 1.807) is 11.1 Å². The van der Waals surface area contributed by atoms with Crippen LogP contribution in [0.15, 0.2) is 24.3 Å². The monoisotopic (exact) mass is 203 g/mol. The van der Waals surface area contributed by atoms with Gasteiger partial charge in [0.2, 0.25) is 0 Å². The van der Waals surface area contributed by atoms with Crippen molar-refractivity contribution in [2.75, 3.05) is 6.54 Å². The Morgan fingerprint density at radius 2 is 2.13 bits per heavy atom. The van der Waals surface area contributed by atoms with Crippen molar-refractivity contribution < 1.29 is 0 Å². The Morgan fingerprint density at radius 1 is 1.27 bits per heavy atom. The molecule has 0 saturated heterocycles. The maximum Gasteiger partial charge on any atom is 0.0322 e. The van der Waals surface area contributed by atoms with E-state index in [1.165, 1.54) is 32.1 Å². The number of nitrogens with one attached hydrogen (secondary N) is 1. The van der Waals surface area contributed by atoms with Crippen molar-refractivity contribution in [2.24, 2.45) is 0 Å². The summed E-state index contributed by atoms with van der Waals surface area (Å²) >= 11 is 0. The summed E-state index contributed by atoms with van der Waals surface area (Å²) in [6.45, 7) is 3.37. The summed E-state index contributed by atoms with van der Waals surface area (Å²) in [6, 6.07) is 9.53.